The minimum atomic E-state index is -0.626. The van der Waals surface area contributed by atoms with Crippen molar-refractivity contribution < 1.29 is 9.90 Å². The molecule has 0 saturated heterocycles. The molecule has 2 unspecified atom stereocenters. The van der Waals surface area contributed by atoms with Gasteiger partial charge in [-0.15, -0.1) is 12.3 Å². The molecule has 1 aliphatic rings. The molecular formula is C12H18O2. The highest BCUT2D eigenvalue weighted by Crippen LogP contribution is 2.45. The molecule has 2 heteroatoms. The molecule has 78 valence electrons. The summed E-state index contributed by atoms with van der Waals surface area (Å²) in [4.78, 5) is 11.2. The number of carboxylic acid groups (broad SMARTS) is 1. The van der Waals surface area contributed by atoms with E-state index in [1.165, 1.54) is 0 Å². The van der Waals surface area contributed by atoms with Crippen molar-refractivity contribution in [2.75, 3.05) is 0 Å². The summed E-state index contributed by atoms with van der Waals surface area (Å²) in [5.41, 5.74) is -0.462. The summed E-state index contributed by atoms with van der Waals surface area (Å²) in [5, 5.41) is 9.23. The summed E-state index contributed by atoms with van der Waals surface area (Å²) >= 11 is 0. The van der Waals surface area contributed by atoms with Crippen LogP contribution in [0.3, 0.4) is 0 Å². The molecule has 0 heterocycles. The van der Waals surface area contributed by atoms with Gasteiger partial charge in [0, 0.05) is 6.42 Å². The zero-order valence-corrected chi connectivity index (χ0v) is 8.75. The minimum Gasteiger partial charge on any atom is -0.481 e. The van der Waals surface area contributed by atoms with E-state index in [1.54, 1.807) is 0 Å². The van der Waals surface area contributed by atoms with Crippen LogP contribution in [0.2, 0.25) is 0 Å². The van der Waals surface area contributed by atoms with Crippen molar-refractivity contribution in [1.29, 1.82) is 0 Å². The Morgan fingerprint density at radius 1 is 1.71 bits per heavy atom. The van der Waals surface area contributed by atoms with Crippen molar-refractivity contribution in [3.63, 3.8) is 0 Å². The van der Waals surface area contributed by atoms with Crippen molar-refractivity contribution in [1.82, 2.24) is 0 Å². The van der Waals surface area contributed by atoms with Gasteiger partial charge in [-0.1, -0.05) is 6.92 Å². The number of terminal acetylenes is 1. The van der Waals surface area contributed by atoms with E-state index >= 15 is 0 Å². The quantitative estimate of drug-likeness (QED) is 0.552. The lowest BCUT2D eigenvalue weighted by Crippen LogP contribution is -2.28. The van der Waals surface area contributed by atoms with Gasteiger partial charge in [-0.3, -0.25) is 4.79 Å². The summed E-state index contributed by atoms with van der Waals surface area (Å²) in [6, 6.07) is 0. The van der Waals surface area contributed by atoms with Crippen LogP contribution < -0.4 is 0 Å². The lowest BCUT2D eigenvalue weighted by molar-refractivity contribution is -0.149. The van der Waals surface area contributed by atoms with Gasteiger partial charge in [-0.2, -0.15) is 0 Å². The van der Waals surface area contributed by atoms with Gasteiger partial charge in [0.05, 0.1) is 5.41 Å². The molecule has 2 atom stereocenters. The van der Waals surface area contributed by atoms with E-state index in [4.69, 9.17) is 6.42 Å². The number of carboxylic acids is 1. The largest absolute Gasteiger partial charge is 0.481 e. The molecule has 0 aromatic heterocycles. The first-order valence-corrected chi connectivity index (χ1v) is 5.27. The van der Waals surface area contributed by atoms with Crippen molar-refractivity contribution >= 4 is 5.97 Å². The Labute approximate surface area is 85.7 Å². The fourth-order valence-electron chi connectivity index (χ4n) is 2.45. The second-order valence-electron chi connectivity index (χ2n) is 4.49. The Morgan fingerprint density at radius 3 is 2.86 bits per heavy atom. The molecule has 1 aliphatic carbocycles. The maximum absolute atomic E-state index is 11.2. The Hall–Kier alpha value is -0.970. The molecule has 0 radical (unpaired) electrons. The van der Waals surface area contributed by atoms with Gasteiger partial charge in [0.1, 0.15) is 0 Å². The summed E-state index contributed by atoms with van der Waals surface area (Å²) < 4.78 is 0. The van der Waals surface area contributed by atoms with Gasteiger partial charge in [0.25, 0.3) is 0 Å². The third kappa shape index (κ3) is 2.29. The van der Waals surface area contributed by atoms with Gasteiger partial charge >= 0.3 is 5.97 Å². The smallest absolute Gasteiger partial charge is 0.309 e. The monoisotopic (exact) mass is 194 g/mol. The first kappa shape index (κ1) is 11.1. The average molecular weight is 194 g/mol. The van der Waals surface area contributed by atoms with E-state index in [9.17, 15) is 9.90 Å². The van der Waals surface area contributed by atoms with Crippen LogP contribution >= 0.6 is 0 Å². The fourth-order valence-corrected chi connectivity index (χ4v) is 2.45. The van der Waals surface area contributed by atoms with Crippen molar-refractivity contribution in [2.24, 2.45) is 11.3 Å². The van der Waals surface area contributed by atoms with Crippen LogP contribution in [0.4, 0.5) is 0 Å². The summed E-state index contributed by atoms with van der Waals surface area (Å²) in [7, 11) is 0. The summed E-state index contributed by atoms with van der Waals surface area (Å²) in [6.07, 6.45) is 10.1. The third-order valence-corrected chi connectivity index (χ3v) is 3.29. The molecule has 0 bridgehead atoms. The molecule has 0 amide bonds. The highest BCUT2D eigenvalue weighted by atomic mass is 16.4. The van der Waals surface area contributed by atoms with Crippen LogP contribution in [-0.4, -0.2) is 11.1 Å². The Bertz CT molecular complexity index is 252. The SMILES string of the molecule is C#CCCCC1(C(=O)O)CCC(C)C1. The van der Waals surface area contributed by atoms with Gasteiger partial charge in [-0.05, 0) is 38.0 Å². The standard InChI is InChI=1S/C12H18O2/c1-3-4-5-7-12(11(13)14)8-6-10(2)9-12/h1,10H,4-9H2,2H3,(H,13,14). The summed E-state index contributed by atoms with van der Waals surface area (Å²) in [6.45, 7) is 2.13. The van der Waals surface area contributed by atoms with Crippen LogP contribution in [0.25, 0.3) is 0 Å². The highest BCUT2D eigenvalue weighted by Gasteiger charge is 2.43. The third-order valence-electron chi connectivity index (χ3n) is 3.29. The number of hydrogen-bond donors (Lipinski definition) is 1. The van der Waals surface area contributed by atoms with E-state index in [-0.39, 0.29) is 0 Å². The number of unbranched alkanes of at least 4 members (excludes halogenated alkanes) is 1. The van der Waals surface area contributed by atoms with Gasteiger partial charge < -0.3 is 5.11 Å². The topological polar surface area (TPSA) is 37.3 Å². The molecule has 1 fully saturated rings. The Morgan fingerprint density at radius 2 is 2.43 bits per heavy atom. The Kier molecular flexibility index (Phi) is 3.57. The summed E-state index contributed by atoms with van der Waals surface area (Å²) in [5.74, 6) is 2.49. The van der Waals surface area contributed by atoms with Crippen molar-refractivity contribution in [2.45, 2.75) is 45.4 Å². The molecule has 1 rings (SSSR count). The van der Waals surface area contributed by atoms with Crippen LogP contribution in [0.1, 0.15) is 45.4 Å². The fraction of sp³-hybridized carbons (Fsp3) is 0.750. The second kappa shape index (κ2) is 4.50. The van der Waals surface area contributed by atoms with Gasteiger partial charge in [0.15, 0.2) is 0 Å². The van der Waals surface area contributed by atoms with Gasteiger partial charge in [0.2, 0.25) is 0 Å². The lowest BCUT2D eigenvalue weighted by Gasteiger charge is -2.23. The van der Waals surface area contributed by atoms with E-state index in [2.05, 4.69) is 12.8 Å². The predicted octanol–water partition coefficient (Wildman–Crippen LogP) is 2.68. The normalized spacial score (nSPS) is 31.3. The molecule has 1 saturated carbocycles. The maximum atomic E-state index is 11.2. The number of rotatable bonds is 4. The van der Waals surface area contributed by atoms with Crippen LogP contribution in [0.5, 0.6) is 0 Å². The highest BCUT2D eigenvalue weighted by molar-refractivity contribution is 5.75. The van der Waals surface area contributed by atoms with E-state index in [0.29, 0.717) is 12.3 Å². The molecule has 0 spiro atoms. The van der Waals surface area contributed by atoms with E-state index < -0.39 is 11.4 Å². The predicted molar refractivity (Wildman–Crippen MR) is 55.8 cm³/mol. The lowest BCUT2D eigenvalue weighted by atomic mass is 9.80. The zero-order valence-electron chi connectivity index (χ0n) is 8.75. The molecule has 1 N–H and O–H groups in total. The van der Waals surface area contributed by atoms with E-state index in [0.717, 1.165) is 32.1 Å². The van der Waals surface area contributed by atoms with E-state index in [1.807, 2.05) is 0 Å². The second-order valence-corrected chi connectivity index (χ2v) is 4.49. The number of hydrogen-bond acceptors (Lipinski definition) is 1. The first-order valence-electron chi connectivity index (χ1n) is 5.27. The van der Waals surface area contributed by atoms with Crippen molar-refractivity contribution in [3.05, 3.63) is 0 Å². The molecular weight excluding hydrogens is 176 g/mol. The molecule has 0 aliphatic heterocycles. The van der Waals surface area contributed by atoms with Crippen molar-refractivity contribution in [3.8, 4) is 12.3 Å². The van der Waals surface area contributed by atoms with Crippen LogP contribution in [-0.2, 0) is 4.79 Å². The number of aliphatic carboxylic acids is 1. The average Bonchev–Trinajstić information content (AvgIpc) is 2.49. The van der Waals surface area contributed by atoms with Crippen LogP contribution in [0, 0.1) is 23.7 Å². The van der Waals surface area contributed by atoms with Crippen LogP contribution in [0.15, 0.2) is 0 Å². The minimum absolute atomic E-state index is 0.462. The molecule has 0 aromatic rings. The maximum Gasteiger partial charge on any atom is 0.309 e. The molecule has 2 nitrogen and oxygen atoms in total. The molecule has 14 heavy (non-hydrogen) atoms. The molecule has 0 aromatic carbocycles. The zero-order chi connectivity index (χ0) is 10.6. The Balaban J connectivity index is 2.56. The first-order chi connectivity index (χ1) is 6.60. The number of carbonyl (C=O) groups is 1. The van der Waals surface area contributed by atoms with Gasteiger partial charge in [-0.25, -0.2) is 0 Å².